The van der Waals surface area contributed by atoms with E-state index in [0.29, 0.717) is 64.3 Å². The molecule has 2 aromatic heterocycles. The van der Waals surface area contributed by atoms with Gasteiger partial charge in [0.2, 0.25) is 5.91 Å². The fourth-order valence-corrected chi connectivity index (χ4v) is 4.88. The second-order valence-corrected chi connectivity index (χ2v) is 9.40. The number of aromatic nitrogens is 4. The Morgan fingerprint density at radius 2 is 1.94 bits per heavy atom. The van der Waals surface area contributed by atoms with E-state index in [1.165, 1.54) is 12.1 Å². The van der Waals surface area contributed by atoms with Gasteiger partial charge in [-0.15, -0.1) is 0 Å². The molecule has 0 spiro atoms. The number of anilines is 1. The normalized spacial score (nSPS) is 18.6. The molecular weight excluding hydrogens is 470 g/mol. The fraction of sp³-hybridized carbons (Fsp3) is 0.440. The summed E-state index contributed by atoms with van der Waals surface area (Å²) in [5.41, 5.74) is 3.24. The maximum atomic E-state index is 14.0. The maximum Gasteiger partial charge on any atom is 0.230 e. The number of piperidine rings is 1. The van der Waals surface area contributed by atoms with Gasteiger partial charge in [0.05, 0.1) is 43.3 Å². The molecule has 0 bridgehead atoms. The second-order valence-electron chi connectivity index (χ2n) is 9.40. The first kappa shape index (κ1) is 22.8. The summed E-state index contributed by atoms with van der Waals surface area (Å²) in [5, 5.41) is 6.93. The van der Waals surface area contributed by atoms with Crippen LogP contribution in [0.15, 0.2) is 30.6 Å². The van der Waals surface area contributed by atoms with E-state index in [1.807, 2.05) is 4.90 Å². The molecular formula is C25H26F2N6O3. The van der Waals surface area contributed by atoms with Crippen molar-refractivity contribution >= 4 is 11.7 Å². The molecule has 3 aliphatic heterocycles. The van der Waals surface area contributed by atoms with E-state index in [1.54, 1.807) is 12.4 Å². The zero-order chi connectivity index (χ0) is 24.6. The van der Waals surface area contributed by atoms with E-state index >= 15 is 0 Å². The van der Waals surface area contributed by atoms with Crippen LogP contribution in [0, 0.1) is 17.6 Å². The fourth-order valence-electron chi connectivity index (χ4n) is 4.88. The Balaban J connectivity index is 1.21. The number of carbonyl (C=O) groups is 1. The largest absolute Gasteiger partial charge is 0.487 e. The summed E-state index contributed by atoms with van der Waals surface area (Å²) >= 11 is 0. The highest BCUT2D eigenvalue weighted by Gasteiger charge is 2.34. The molecule has 1 aromatic carbocycles. The van der Waals surface area contributed by atoms with Gasteiger partial charge in [-0.1, -0.05) is 0 Å². The molecule has 6 rings (SSSR count). The van der Waals surface area contributed by atoms with Gasteiger partial charge in [0.25, 0.3) is 0 Å². The summed E-state index contributed by atoms with van der Waals surface area (Å²) < 4.78 is 38.2. The number of amides is 1. The Labute approximate surface area is 206 Å². The number of H-pyrrole nitrogens is 1. The Kier molecular flexibility index (Phi) is 6.00. The van der Waals surface area contributed by atoms with E-state index in [-0.39, 0.29) is 23.7 Å². The second kappa shape index (κ2) is 9.45. The molecule has 2 saturated heterocycles. The average Bonchev–Trinajstić information content (AvgIpc) is 3.39. The van der Waals surface area contributed by atoms with Crippen LogP contribution in [0.4, 0.5) is 14.6 Å². The predicted molar refractivity (Wildman–Crippen MR) is 125 cm³/mol. The van der Waals surface area contributed by atoms with E-state index in [9.17, 15) is 13.6 Å². The van der Waals surface area contributed by atoms with Gasteiger partial charge in [0.15, 0.2) is 17.4 Å². The number of aromatic amines is 1. The van der Waals surface area contributed by atoms with Crippen LogP contribution in [0.3, 0.4) is 0 Å². The highest BCUT2D eigenvalue weighted by molar-refractivity contribution is 5.80. The summed E-state index contributed by atoms with van der Waals surface area (Å²) in [4.78, 5) is 26.7. The number of nitrogens with zero attached hydrogens (tertiary/aromatic N) is 5. The van der Waals surface area contributed by atoms with Crippen molar-refractivity contribution in [3.63, 3.8) is 0 Å². The quantitative estimate of drug-likeness (QED) is 0.580. The minimum Gasteiger partial charge on any atom is -0.487 e. The van der Waals surface area contributed by atoms with Crippen LogP contribution >= 0.6 is 0 Å². The molecule has 0 atom stereocenters. The van der Waals surface area contributed by atoms with Crippen LogP contribution in [-0.2, 0) is 22.5 Å². The molecule has 3 aromatic rings. The van der Waals surface area contributed by atoms with Gasteiger partial charge in [-0.05, 0) is 12.1 Å². The highest BCUT2D eigenvalue weighted by Crippen LogP contribution is 2.33. The van der Waals surface area contributed by atoms with Crippen LogP contribution in [0.1, 0.15) is 24.2 Å². The summed E-state index contributed by atoms with van der Waals surface area (Å²) in [5.74, 6) is -0.431. The summed E-state index contributed by atoms with van der Waals surface area (Å²) in [6.07, 6.45) is 5.27. The van der Waals surface area contributed by atoms with Gasteiger partial charge in [-0.2, -0.15) is 5.10 Å². The van der Waals surface area contributed by atoms with Crippen LogP contribution < -0.4 is 9.64 Å². The zero-order valence-electron chi connectivity index (χ0n) is 19.6. The van der Waals surface area contributed by atoms with Crippen molar-refractivity contribution in [2.45, 2.75) is 31.9 Å². The van der Waals surface area contributed by atoms with Crippen molar-refractivity contribution in [2.24, 2.45) is 5.92 Å². The lowest BCUT2D eigenvalue weighted by Crippen LogP contribution is -2.47. The molecule has 5 heterocycles. The molecule has 1 N–H and O–H groups in total. The van der Waals surface area contributed by atoms with Crippen molar-refractivity contribution in [1.29, 1.82) is 0 Å². The monoisotopic (exact) mass is 496 g/mol. The Hall–Kier alpha value is -3.60. The van der Waals surface area contributed by atoms with Gasteiger partial charge < -0.3 is 19.3 Å². The summed E-state index contributed by atoms with van der Waals surface area (Å²) in [6, 6.07) is 3.36. The number of hydrogen-bond donors (Lipinski definition) is 1. The SMILES string of the molecule is O=C(C1COC1)N1CCc2nc(N3CCC(Oc4ccc(F)cc4F)CC3)c(-c3cn[nH]c3)nc2C1. The molecule has 1 amide bonds. The minimum absolute atomic E-state index is 0.0565. The minimum atomic E-state index is -0.697. The average molecular weight is 497 g/mol. The van der Waals surface area contributed by atoms with E-state index in [0.717, 1.165) is 28.8 Å². The molecule has 36 heavy (non-hydrogen) atoms. The van der Waals surface area contributed by atoms with Gasteiger partial charge >= 0.3 is 0 Å². The standard InChI is InChI=1S/C25H26F2N6O3/c26-17-1-2-22(19(27)9-17)36-18-3-6-32(7-4-18)24-23(15-10-28-29-11-15)30-21-12-33(8-5-20(21)31-24)25(34)16-13-35-14-16/h1-2,9-11,16,18H,3-8,12-14H2,(H,28,29). The molecule has 0 unspecified atom stereocenters. The number of rotatable bonds is 5. The zero-order valence-corrected chi connectivity index (χ0v) is 19.6. The van der Waals surface area contributed by atoms with Gasteiger partial charge in [0, 0.05) is 56.7 Å². The van der Waals surface area contributed by atoms with Crippen molar-refractivity contribution in [3.05, 3.63) is 53.6 Å². The molecule has 9 nitrogen and oxygen atoms in total. The Morgan fingerprint density at radius 3 is 2.64 bits per heavy atom. The number of nitrogens with one attached hydrogen (secondary N) is 1. The van der Waals surface area contributed by atoms with Gasteiger partial charge in [0.1, 0.15) is 17.6 Å². The highest BCUT2D eigenvalue weighted by atomic mass is 19.1. The number of halogens is 2. The van der Waals surface area contributed by atoms with E-state index in [4.69, 9.17) is 19.4 Å². The summed E-state index contributed by atoms with van der Waals surface area (Å²) in [7, 11) is 0. The van der Waals surface area contributed by atoms with Crippen LogP contribution in [0.5, 0.6) is 5.75 Å². The number of carbonyl (C=O) groups excluding carboxylic acids is 1. The first-order chi connectivity index (χ1) is 17.5. The van der Waals surface area contributed by atoms with Crippen molar-refractivity contribution in [2.75, 3.05) is 37.7 Å². The predicted octanol–water partition coefficient (Wildman–Crippen LogP) is 2.72. The molecule has 3 aliphatic rings. The lowest BCUT2D eigenvalue weighted by molar-refractivity contribution is -0.150. The first-order valence-electron chi connectivity index (χ1n) is 12.2. The lowest BCUT2D eigenvalue weighted by Gasteiger charge is -2.36. The molecule has 11 heteroatoms. The van der Waals surface area contributed by atoms with E-state index < -0.39 is 11.6 Å². The molecule has 188 valence electrons. The number of hydrogen-bond acceptors (Lipinski definition) is 7. The third kappa shape index (κ3) is 4.39. The summed E-state index contributed by atoms with van der Waals surface area (Å²) in [6.45, 7) is 3.32. The number of ether oxygens (including phenoxy) is 2. The molecule has 0 radical (unpaired) electrons. The number of fused-ring (bicyclic) bond motifs is 1. The first-order valence-corrected chi connectivity index (χ1v) is 12.2. The molecule has 2 fully saturated rings. The molecule has 0 aliphatic carbocycles. The van der Waals surface area contributed by atoms with Crippen LogP contribution in [0.25, 0.3) is 11.3 Å². The van der Waals surface area contributed by atoms with Crippen LogP contribution in [-0.4, -0.2) is 69.9 Å². The topological polar surface area (TPSA) is 96.5 Å². The number of benzene rings is 1. The maximum absolute atomic E-state index is 14.0. The van der Waals surface area contributed by atoms with Crippen LogP contribution in [0.2, 0.25) is 0 Å². The van der Waals surface area contributed by atoms with Gasteiger partial charge in [-0.25, -0.2) is 18.7 Å². The Morgan fingerprint density at radius 1 is 1.11 bits per heavy atom. The third-order valence-corrected chi connectivity index (χ3v) is 6.99. The van der Waals surface area contributed by atoms with Crippen molar-refractivity contribution in [1.82, 2.24) is 25.1 Å². The van der Waals surface area contributed by atoms with E-state index in [2.05, 4.69) is 15.1 Å². The molecule has 0 saturated carbocycles. The lowest BCUT2D eigenvalue weighted by atomic mass is 10.0. The third-order valence-electron chi connectivity index (χ3n) is 6.99. The van der Waals surface area contributed by atoms with Crippen molar-refractivity contribution in [3.8, 4) is 17.0 Å². The van der Waals surface area contributed by atoms with Crippen molar-refractivity contribution < 1.29 is 23.0 Å². The smallest absolute Gasteiger partial charge is 0.230 e. The van der Waals surface area contributed by atoms with Gasteiger partial charge in [-0.3, -0.25) is 9.89 Å². The Bertz CT molecular complexity index is 1260.